The Hall–Kier alpha value is -3.77. The van der Waals surface area contributed by atoms with E-state index in [4.69, 9.17) is 5.73 Å². The number of allylic oxidation sites excluding steroid dienone is 3. The number of amides is 1. The van der Waals surface area contributed by atoms with Crippen LogP contribution in [0.3, 0.4) is 0 Å². The van der Waals surface area contributed by atoms with E-state index in [1.54, 1.807) is 18.4 Å². The standard InChI is InChI=1S/C29H37N5O/c1-5-23(3)29(30)33-19-17-25-11-13-26(14-12-25)20-32-21-31-18-7-6-8-28(35)34-24(4)27-15-9-22(2)10-16-27/h5-7,9-16,18-19,24,32H,1,8,17,20-21,30H2,2-4H3,(H,34,35)/b7-6-,29-23-,31-18-,33-19-. The zero-order valence-corrected chi connectivity index (χ0v) is 21.0. The summed E-state index contributed by atoms with van der Waals surface area (Å²) in [5, 5.41) is 6.28. The molecule has 0 bridgehead atoms. The minimum atomic E-state index is -0.0147. The summed E-state index contributed by atoms with van der Waals surface area (Å²) in [5.74, 6) is 0.481. The molecule has 0 heterocycles. The molecule has 6 heteroatoms. The van der Waals surface area contributed by atoms with Crippen LogP contribution in [0.15, 0.2) is 94.7 Å². The Morgan fingerprint density at radius 2 is 1.80 bits per heavy atom. The minimum absolute atomic E-state index is 0.0117. The normalized spacial score (nSPS) is 13.3. The highest BCUT2D eigenvalue weighted by atomic mass is 16.1. The smallest absolute Gasteiger partial charge is 0.224 e. The van der Waals surface area contributed by atoms with Gasteiger partial charge in [-0.3, -0.25) is 15.1 Å². The van der Waals surface area contributed by atoms with Crippen LogP contribution in [0.2, 0.25) is 0 Å². The summed E-state index contributed by atoms with van der Waals surface area (Å²) < 4.78 is 0. The molecule has 35 heavy (non-hydrogen) atoms. The molecule has 0 spiro atoms. The van der Waals surface area contributed by atoms with Crippen LogP contribution in [0.4, 0.5) is 0 Å². The van der Waals surface area contributed by atoms with Crippen molar-refractivity contribution in [2.24, 2.45) is 15.7 Å². The predicted molar refractivity (Wildman–Crippen MR) is 147 cm³/mol. The molecule has 0 fully saturated rings. The quantitative estimate of drug-likeness (QED) is 0.220. The van der Waals surface area contributed by atoms with E-state index in [2.05, 4.69) is 63.6 Å². The van der Waals surface area contributed by atoms with E-state index in [1.165, 1.54) is 16.7 Å². The van der Waals surface area contributed by atoms with Crippen LogP contribution >= 0.6 is 0 Å². The number of hydrogen-bond donors (Lipinski definition) is 3. The van der Waals surface area contributed by atoms with Crippen LogP contribution in [-0.2, 0) is 17.8 Å². The largest absolute Gasteiger partial charge is 0.383 e. The number of aryl methyl sites for hydroxylation is 1. The third-order valence-corrected chi connectivity index (χ3v) is 5.41. The fraction of sp³-hybridized carbons (Fsp3) is 0.276. The molecule has 0 aliphatic rings. The maximum atomic E-state index is 12.1. The van der Waals surface area contributed by atoms with Crippen molar-refractivity contribution in [3.05, 3.63) is 107 Å². The lowest BCUT2D eigenvalue weighted by atomic mass is 10.1. The van der Waals surface area contributed by atoms with Crippen molar-refractivity contribution in [2.75, 3.05) is 6.67 Å². The van der Waals surface area contributed by atoms with Crippen LogP contribution in [0.1, 0.15) is 48.6 Å². The van der Waals surface area contributed by atoms with E-state index < -0.39 is 0 Å². The topological polar surface area (TPSA) is 91.9 Å². The number of hydrogen-bond acceptors (Lipinski definition) is 5. The maximum absolute atomic E-state index is 12.1. The van der Waals surface area contributed by atoms with Crippen LogP contribution in [0.25, 0.3) is 0 Å². The van der Waals surface area contributed by atoms with Gasteiger partial charge in [-0.2, -0.15) is 0 Å². The van der Waals surface area contributed by atoms with E-state index in [0.717, 1.165) is 24.1 Å². The van der Waals surface area contributed by atoms with E-state index >= 15 is 0 Å². The van der Waals surface area contributed by atoms with Gasteiger partial charge >= 0.3 is 0 Å². The monoisotopic (exact) mass is 471 g/mol. The Bertz CT molecular complexity index is 1060. The maximum Gasteiger partial charge on any atom is 0.224 e. The van der Waals surface area contributed by atoms with E-state index in [1.807, 2.05) is 45.2 Å². The van der Waals surface area contributed by atoms with E-state index in [0.29, 0.717) is 18.9 Å². The second-order valence-electron chi connectivity index (χ2n) is 8.35. The molecule has 0 radical (unpaired) electrons. The first-order valence-electron chi connectivity index (χ1n) is 11.8. The number of carbonyl (C=O) groups excluding carboxylic acids is 1. The summed E-state index contributed by atoms with van der Waals surface area (Å²) >= 11 is 0. The summed E-state index contributed by atoms with van der Waals surface area (Å²) in [4.78, 5) is 20.6. The van der Waals surface area contributed by atoms with Crippen molar-refractivity contribution in [1.82, 2.24) is 10.6 Å². The molecule has 2 aromatic rings. The number of nitrogens with zero attached hydrogens (tertiary/aromatic N) is 2. The SMILES string of the molecule is C=C/C(C)=C(N)\N=C/Cc1ccc(CNC/N=C\C=C/CC(=O)NC(C)c2ccc(C)cc2)cc1. The Labute approximate surface area is 209 Å². The third-order valence-electron chi connectivity index (χ3n) is 5.41. The lowest BCUT2D eigenvalue weighted by Gasteiger charge is -2.13. The number of benzene rings is 2. The number of rotatable bonds is 13. The highest BCUT2D eigenvalue weighted by molar-refractivity contribution is 5.79. The second-order valence-corrected chi connectivity index (χ2v) is 8.35. The Morgan fingerprint density at radius 3 is 2.49 bits per heavy atom. The van der Waals surface area contributed by atoms with Crippen molar-refractivity contribution >= 4 is 18.3 Å². The molecule has 2 rings (SSSR count). The molecule has 6 nitrogen and oxygen atoms in total. The molecule has 0 aliphatic carbocycles. The zero-order chi connectivity index (χ0) is 25.5. The summed E-state index contributed by atoms with van der Waals surface area (Å²) in [6.45, 7) is 10.8. The van der Waals surface area contributed by atoms with E-state index in [9.17, 15) is 4.79 Å². The summed E-state index contributed by atoms with van der Waals surface area (Å²) in [7, 11) is 0. The fourth-order valence-electron chi connectivity index (χ4n) is 3.10. The molecule has 2 aromatic carbocycles. The van der Waals surface area contributed by atoms with Crippen molar-refractivity contribution in [2.45, 2.75) is 46.2 Å². The first-order valence-corrected chi connectivity index (χ1v) is 11.8. The molecule has 1 amide bonds. The van der Waals surface area contributed by atoms with Gasteiger partial charge in [-0.15, -0.1) is 0 Å². The molecular formula is C29H37N5O. The minimum Gasteiger partial charge on any atom is -0.383 e. The van der Waals surface area contributed by atoms with Crippen LogP contribution in [0, 0.1) is 6.92 Å². The van der Waals surface area contributed by atoms with Crippen LogP contribution in [-0.4, -0.2) is 25.0 Å². The lowest BCUT2D eigenvalue weighted by molar-refractivity contribution is -0.120. The predicted octanol–water partition coefficient (Wildman–Crippen LogP) is 4.93. The summed E-state index contributed by atoms with van der Waals surface area (Å²) in [6, 6.07) is 16.5. The molecule has 1 unspecified atom stereocenters. The number of nitrogens with one attached hydrogen (secondary N) is 2. The number of aliphatic imine (C=N–C) groups is 2. The fourth-order valence-corrected chi connectivity index (χ4v) is 3.10. The van der Waals surface area contributed by atoms with Gasteiger partial charge in [0.25, 0.3) is 0 Å². The van der Waals surface area contributed by atoms with Gasteiger partial charge in [0.05, 0.1) is 12.7 Å². The molecule has 0 saturated carbocycles. The second kappa shape index (κ2) is 15.2. The van der Waals surface area contributed by atoms with Crippen LogP contribution < -0.4 is 16.4 Å². The van der Waals surface area contributed by atoms with Crippen molar-refractivity contribution in [3.8, 4) is 0 Å². The van der Waals surface area contributed by atoms with Gasteiger partial charge in [0.15, 0.2) is 0 Å². The van der Waals surface area contributed by atoms with Gasteiger partial charge in [0.2, 0.25) is 5.91 Å². The van der Waals surface area contributed by atoms with Gasteiger partial charge < -0.3 is 11.1 Å². The molecule has 1 atom stereocenters. The average Bonchev–Trinajstić information content (AvgIpc) is 2.86. The highest BCUT2D eigenvalue weighted by Crippen LogP contribution is 2.13. The Kier molecular flexibility index (Phi) is 11.9. The Balaban J connectivity index is 1.63. The Morgan fingerprint density at radius 1 is 1.11 bits per heavy atom. The highest BCUT2D eigenvalue weighted by Gasteiger charge is 2.07. The first kappa shape index (κ1) is 27.5. The molecular weight excluding hydrogens is 434 g/mol. The van der Waals surface area contributed by atoms with Crippen molar-refractivity contribution < 1.29 is 4.79 Å². The number of carbonyl (C=O) groups is 1. The molecule has 4 N–H and O–H groups in total. The summed E-state index contributed by atoms with van der Waals surface area (Å²) in [6.07, 6.45) is 9.87. The number of nitrogens with two attached hydrogens (primary N) is 1. The molecule has 0 saturated heterocycles. The third kappa shape index (κ3) is 10.8. The first-order chi connectivity index (χ1) is 16.9. The lowest BCUT2D eigenvalue weighted by Crippen LogP contribution is -2.25. The molecule has 184 valence electrons. The van der Waals surface area contributed by atoms with Gasteiger partial charge in [-0.05, 0) is 49.1 Å². The van der Waals surface area contributed by atoms with Gasteiger partial charge in [0, 0.05) is 31.8 Å². The molecule has 0 aliphatic heterocycles. The van der Waals surface area contributed by atoms with Crippen molar-refractivity contribution in [3.63, 3.8) is 0 Å². The zero-order valence-electron chi connectivity index (χ0n) is 21.0. The van der Waals surface area contributed by atoms with Gasteiger partial charge in [0.1, 0.15) is 5.82 Å². The van der Waals surface area contributed by atoms with E-state index in [-0.39, 0.29) is 11.9 Å². The summed E-state index contributed by atoms with van der Waals surface area (Å²) in [5.41, 5.74) is 11.4. The molecule has 0 aromatic heterocycles. The van der Waals surface area contributed by atoms with Crippen LogP contribution in [0.5, 0.6) is 0 Å². The average molecular weight is 472 g/mol. The van der Waals surface area contributed by atoms with Crippen molar-refractivity contribution in [1.29, 1.82) is 0 Å². The van der Waals surface area contributed by atoms with Gasteiger partial charge in [-0.1, -0.05) is 72.8 Å². The van der Waals surface area contributed by atoms with Gasteiger partial charge in [-0.25, -0.2) is 4.99 Å².